The lowest BCUT2D eigenvalue weighted by atomic mass is 9.96. The Bertz CT molecular complexity index is 890. The maximum absolute atomic E-state index is 12.5. The first-order valence-electron chi connectivity index (χ1n) is 9.11. The molecule has 0 unspecified atom stereocenters. The molecule has 4 heterocycles. The Morgan fingerprint density at radius 1 is 1.25 bits per heavy atom. The Hall–Kier alpha value is -3.30. The molecule has 146 valence electrons. The van der Waals surface area contributed by atoms with Crippen LogP contribution >= 0.6 is 0 Å². The van der Waals surface area contributed by atoms with E-state index in [0.717, 1.165) is 4.90 Å². The number of likely N-dealkylation sites (tertiary alicyclic amines) is 1. The van der Waals surface area contributed by atoms with Gasteiger partial charge >= 0.3 is 6.03 Å². The molecule has 0 spiro atoms. The van der Waals surface area contributed by atoms with Crippen LogP contribution in [0, 0.1) is 0 Å². The summed E-state index contributed by atoms with van der Waals surface area (Å²) in [6.45, 7) is 0.828. The highest BCUT2D eigenvalue weighted by molar-refractivity contribution is 6.04. The zero-order valence-corrected chi connectivity index (χ0v) is 15.4. The zero-order valence-electron chi connectivity index (χ0n) is 15.4. The van der Waals surface area contributed by atoms with Crippen molar-refractivity contribution in [3.63, 3.8) is 0 Å². The first-order chi connectivity index (χ1) is 13.5. The molecule has 4 rings (SSSR count). The van der Waals surface area contributed by atoms with Crippen molar-refractivity contribution in [1.82, 2.24) is 29.8 Å². The van der Waals surface area contributed by atoms with Crippen LogP contribution in [0.3, 0.4) is 0 Å². The van der Waals surface area contributed by atoms with Gasteiger partial charge in [-0.05, 0) is 25.0 Å². The van der Waals surface area contributed by atoms with Crippen LogP contribution in [0.15, 0.2) is 28.9 Å². The number of amides is 4. The lowest BCUT2D eigenvalue weighted by Crippen LogP contribution is -2.45. The largest absolute Gasteiger partial charge is 0.341 e. The number of likely N-dealkylation sites (N-methyl/N-ethyl adjacent to an activating group) is 1. The van der Waals surface area contributed by atoms with Crippen LogP contribution in [0.1, 0.15) is 24.7 Å². The maximum atomic E-state index is 12.5. The molecule has 0 atom stereocenters. The third-order valence-corrected chi connectivity index (χ3v) is 5.06. The molecular weight excluding hydrogens is 364 g/mol. The molecule has 0 aromatic carbocycles. The van der Waals surface area contributed by atoms with Crippen LogP contribution in [-0.4, -0.2) is 80.9 Å². The Balaban J connectivity index is 1.34. The summed E-state index contributed by atoms with van der Waals surface area (Å²) in [5.74, 6) is 0.484. The standard InChI is InChI=1S/C18H20N6O4/c1-22-10-15(26)24(18(22)27)11-14(25)23-8-5-12(6-9-23)17-20-16(21-28-17)13-4-2-3-7-19-13/h2-4,7,12H,5-6,8-11H2,1H3. The van der Waals surface area contributed by atoms with E-state index in [1.807, 2.05) is 18.2 Å². The van der Waals surface area contributed by atoms with Crippen LogP contribution in [-0.2, 0) is 9.59 Å². The summed E-state index contributed by atoms with van der Waals surface area (Å²) in [5, 5.41) is 3.99. The van der Waals surface area contributed by atoms with E-state index in [4.69, 9.17) is 4.52 Å². The predicted molar refractivity (Wildman–Crippen MR) is 95.8 cm³/mol. The second kappa shape index (κ2) is 7.37. The van der Waals surface area contributed by atoms with Gasteiger partial charge in [-0.2, -0.15) is 4.98 Å². The van der Waals surface area contributed by atoms with Crippen molar-refractivity contribution in [3.05, 3.63) is 30.3 Å². The number of rotatable bonds is 4. The second-order valence-electron chi connectivity index (χ2n) is 6.94. The topological polar surface area (TPSA) is 113 Å². The summed E-state index contributed by atoms with van der Waals surface area (Å²) in [5.41, 5.74) is 0.648. The van der Waals surface area contributed by atoms with Crippen LogP contribution in [0.25, 0.3) is 11.5 Å². The number of pyridine rings is 1. The van der Waals surface area contributed by atoms with Gasteiger partial charge in [0.15, 0.2) is 0 Å². The molecule has 2 fully saturated rings. The molecule has 2 aliphatic heterocycles. The minimum absolute atomic E-state index is 0.0178. The number of hydrogen-bond donors (Lipinski definition) is 0. The Morgan fingerprint density at radius 2 is 2.04 bits per heavy atom. The average Bonchev–Trinajstić information content (AvgIpc) is 3.30. The Labute approximate surface area is 161 Å². The van der Waals surface area contributed by atoms with Gasteiger partial charge in [0, 0.05) is 32.3 Å². The molecule has 0 N–H and O–H groups in total. The summed E-state index contributed by atoms with van der Waals surface area (Å²) in [6, 6.07) is 5.06. The summed E-state index contributed by atoms with van der Waals surface area (Å²) in [4.78, 5) is 48.9. The van der Waals surface area contributed by atoms with E-state index in [9.17, 15) is 14.4 Å². The molecule has 0 radical (unpaired) electrons. The number of carbonyl (C=O) groups excluding carboxylic acids is 3. The third-order valence-electron chi connectivity index (χ3n) is 5.06. The SMILES string of the molecule is CN1CC(=O)N(CC(=O)N2CCC(c3nc(-c4ccccn4)no3)CC2)C1=O. The fraction of sp³-hybridized carbons (Fsp3) is 0.444. The molecule has 2 aliphatic rings. The number of carbonyl (C=O) groups is 3. The van der Waals surface area contributed by atoms with Crippen molar-refractivity contribution >= 4 is 17.8 Å². The van der Waals surface area contributed by atoms with Gasteiger partial charge in [0.2, 0.25) is 17.6 Å². The van der Waals surface area contributed by atoms with E-state index in [1.165, 1.54) is 4.90 Å². The third kappa shape index (κ3) is 3.45. The molecule has 2 saturated heterocycles. The van der Waals surface area contributed by atoms with Crippen LogP contribution < -0.4 is 0 Å². The van der Waals surface area contributed by atoms with Crippen LogP contribution in [0.5, 0.6) is 0 Å². The van der Waals surface area contributed by atoms with Gasteiger partial charge in [-0.1, -0.05) is 11.2 Å². The average molecular weight is 384 g/mol. The molecular formula is C18H20N6O4. The van der Waals surface area contributed by atoms with E-state index in [2.05, 4.69) is 15.1 Å². The number of nitrogens with zero attached hydrogens (tertiary/aromatic N) is 6. The summed E-state index contributed by atoms with van der Waals surface area (Å²) in [6.07, 6.45) is 3.03. The molecule has 2 aromatic heterocycles. The number of hydrogen-bond acceptors (Lipinski definition) is 7. The van der Waals surface area contributed by atoms with Crippen LogP contribution in [0.4, 0.5) is 4.79 Å². The van der Waals surface area contributed by atoms with Gasteiger partial charge < -0.3 is 14.3 Å². The molecule has 4 amide bonds. The van der Waals surface area contributed by atoms with E-state index in [1.54, 1.807) is 18.1 Å². The molecule has 10 nitrogen and oxygen atoms in total. The molecule has 28 heavy (non-hydrogen) atoms. The van der Waals surface area contributed by atoms with Gasteiger partial charge in [-0.25, -0.2) is 4.79 Å². The highest BCUT2D eigenvalue weighted by Gasteiger charge is 2.36. The predicted octanol–water partition coefficient (Wildman–Crippen LogP) is 0.732. The van der Waals surface area contributed by atoms with E-state index in [0.29, 0.717) is 43.3 Å². The molecule has 10 heteroatoms. The zero-order chi connectivity index (χ0) is 19.7. The summed E-state index contributed by atoms with van der Waals surface area (Å²) < 4.78 is 5.39. The second-order valence-corrected chi connectivity index (χ2v) is 6.94. The van der Waals surface area contributed by atoms with Crippen molar-refractivity contribution in [3.8, 4) is 11.5 Å². The number of imide groups is 1. The van der Waals surface area contributed by atoms with Gasteiger partial charge in [0.1, 0.15) is 18.8 Å². The van der Waals surface area contributed by atoms with Crippen molar-refractivity contribution in [1.29, 1.82) is 0 Å². The van der Waals surface area contributed by atoms with Gasteiger partial charge in [-0.15, -0.1) is 0 Å². The molecule has 0 aliphatic carbocycles. The minimum Gasteiger partial charge on any atom is -0.341 e. The van der Waals surface area contributed by atoms with E-state index in [-0.39, 0.29) is 30.8 Å². The van der Waals surface area contributed by atoms with Crippen molar-refractivity contribution in [2.45, 2.75) is 18.8 Å². The van der Waals surface area contributed by atoms with E-state index < -0.39 is 6.03 Å². The molecule has 2 aromatic rings. The van der Waals surface area contributed by atoms with E-state index >= 15 is 0 Å². The van der Waals surface area contributed by atoms with Crippen molar-refractivity contribution in [2.75, 3.05) is 33.2 Å². The molecule has 0 saturated carbocycles. The lowest BCUT2D eigenvalue weighted by Gasteiger charge is -2.31. The highest BCUT2D eigenvalue weighted by atomic mass is 16.5. The Kier molecular flexibility index (Phi) is 4.76. The number of aromatic nitrogens is 3. The Morgan fingerprint density at radius 3 is 2.68 bits per heavy atom. The molecule has 0 bridgehead atoms. The monoisotopic (exact) mass is 384 g/mol. The first kappa shape index (κ1) is 18.1. The normalized spacial score (nSPS) is 18.2. The van der Waals surface area contributed by atoms with Gasteiger partial charge in [0.05, 0.1) is 0 Å². The van der Waals surface area contributed by atoms with Gasteiger partial charge in [-0.3, -0.25) is 19.5 Å². The highest BCUT2D eigenvalue weighted by Crippen LogP contribution is 2.28. The summed E-state index contributed by atoms with van der Waals surface area (Å²) in [7, 11) is 1.54. The van der Waals surface area contributed by atoms with Gasteiger partial charge in [0.25, 0.3) is 5.91 Å². The van der Waals surface area contributed by atoms with Crippen LogP contribution in [0.2, 0.25) is 0 Å². The number of piperidine rings is 1. The fourth-order valence-electron chi connectivity index (χ4n) is 3.44. The lowest BCUT2D eigenvalue weighted by molar-refractivity contribution is -0.137. The number of urea groups is 1. The summed E-state index contributed by atoms with van der Waals surface area (Å²) >= 11 is 0. The smallest absolute Gasteiger partial charge is 0.327 e. The fourth-order valence-corrected chi connectivity index (χ4v) is 3.44. The van der Waals surface area contributed by atoms with Crippen molar-refractivity contribution in [2.24, 2.45) is 0 Å². The first-order valence-corrected chi connectivity index (χ1v) is 9.11. The maximum Gasteiger partial charge on any atom is 0.327 e. The quantitative estimate of drug-likeness (QED) is 0.714. The minimum atomic E-state index is -0.429. The van der Waals surface area contributed by atoms with Crippen molar-refractivity contribution < 1.29 is 18.9 Å².